The lowest BCUT2D eigenvalue weighted by atomic mass is 9.77. The van der Waals surface area contributed by atoms with Crippen LogP contribution in [0.15, 0.2) is 18.2 Å². The molecule has 1 aliphatic heterocycles. The third-order valence-corrected chi connectivity index (χ3v) is 4.27. The van der Waals surface area contributed by atoms with E-state index in [-0.39, 0.29) is 18.3 Å². The van der Waals surface area contributed by atoms with Crippen LogP contribution < -0.4 is 5.46 Å². The van der Waals surface area contributed by atoms with Crippen molar-refractivity contribution < 1.29 is 9.31 Å². The molecule has 98 valence electrons. The van der Waals surface area contributed by atoms with Crippen molar-refractivity contribution >= 4 is 12.6 Å². The minimum absolute atomic E-state index is 0.250. The Bertz CT molecular complexity index is 436. The lowest BCUT2D eigenvalue weighted by molar-refractivity contribution is 0.00578. The second-order valence-electron chi connectivity index (χ2n) is 6.13. The summed E-state index contributed by atoms with van der Waals surface area (Å²) in [6.45, 7) is 12.7. The Morgan fingerprint density at radius 3 is 2.06 bits per heavy atom. The molecule has 1 aromatic rings. The molecule has 18 heavy (non-hydrogen) atoms. The van der Waals surface area contributed by atoms with Crippen molar-refractivity contribution in [1.82, 2.24) is 0 Å². The van der Waals surface area contributed by atoms with Crippen molar-refractivity contribution in [3.63, 3.8) is 0 Å². The first-order valence-corrected chi connectivity index (χ1v) is 6.72. The van der Waals surface area contributed by atoms with E-state index in [0.717, 1.165) is 11.9 Å². The van der Waals surface area contributed by atoms with E-state index in [1.807, 2.05) is 0 Å². The van der Waals surface area contributed by atoms with Crippen LogP contribution in [0, 0.1) is 6.92 Å². The van der Waals surface area contributed by atoms with Gasteiger partial charge in [-0.1, -0.05) is 25.1 Å². The van der Waals surface area contributed by atoms with E-state index in [1.54, 1.807) is 0 Å². The van der Waals surface area contributed by atoms with Crippen molar-refractivity contribution in [2.45, 2.75) is 59.2 Å². The van der Waals surface area contributed by atoms with Crippen LogP contribution in [0.3, 0.4) is 0 Å². The molecule has 0 unspecified atom stereocenters. The quantitative estimate of drug-likeness (QED) is 0.747. The van der Waals surface area contributed by atoms with Gasteiger partial charge in [0.15, 0.2) is 0 Å². The molecule has 0 amide bonds. The molecule has 0 bridgehead atoms. The normalized spacial score (nSPS) is 21.3. The van der Waals surface area contributed by atoms with Crippen molar-refractivity contribution in [3.05, 3.63) is 29.3 Å². The molecule has 3 heteroatoms. The predicted molar refractivity (Wildman–Crippen MR) is 76.3 cm³/mol. The molecule has 0 atom stereocenters. The molecule has 2 rings (SSSR count). The average molecular weight is 246 g/mol. The van der Waals surface area contributed by atoms with E-state index in [4.69, 9.17) is 9.31 Å². The highest BCUT2D eigenvalue weighted by Gasteiger charge is 2.51. The zero-order valence-corrected chi connectivity index (χ0v) is 12.3. The van der Waals surface area contributed by atoms with Gasteiger partial charge in [0.25, 0.3) is 0 Å². The third-order valence-electron chi connectivity index (χ3n) is 4.27. The highest BCUT2D eigenvalue weighted by Crippen LogP contribution is 2.36. The maximum absolute atomic E-state index is 6.06. The summed E-state index contributed by atoms with van der Waals surface area (Å²) in [6.07, 6.45) is 1.06. The van der Waals surface area contributed by atoms with Crippen LogP contribution in [0.4, 0.5) is 0 Å². The smallest absolute Gasteiger partial charge is 0.399 e. The summed E-state index contributed by atoms with van der Waals surface area (Å²) in [5.41, 5.74) is 3.27. The minimum Gasteiger partial charge on any atom is -0.399 e. The first kappa shape index (κ1) is 13.6. The molecular formula is C15H23BO2. The summed E-state index contributed by atoms with van der Waals surface area (Å²) in [5, 5.41) is 0. The Morgan fingerprint density at radius 2 is 1.61 bits per heavy atom. The van der Waals surface area contributed by atoms with Gasteiger partial charge in [-0.2, -0.15) is 0 Å². The lowest BCUT2D eigenvalue weighted by Gasteiger charge is -2.32. The molecule has 1 fully saturated rings. The molecule has 1 heterocycles. The standard InChI is InChI=1S/C15H23BO2/c1-7-12-8-9-13(10-11(12)2)16-17-14(3,4)15(5,6)18-16/h8-10H,7H2,1-6H3. The molecule has 1 saturated heterocycles. The van der Waals surface area contributed by atoms with Gasteiger partial charge in [0.05, 0.1) is 11.2 Å². The van der Waals surface area contributed by atoms with E-state index in [0.29, 0.717) is 0 Å². The SMILES string of the molecule is CCc1ccc(B2OC(C)(C)C(C)(C)O2)cc1C. The second-order valence-corrected chi connectivity index (χ2v) is 6.13. The summed E-state index contributed by atoms with van der Waals surface area (Å²) in [7, 11) is -0.250. The Balaban J connectivity index is 2.27. The van der Waals surface area contributed by atoms with Crippen LogP contribution >= 0.6 is 0 Å². The van der Waals surface area contributed by atoms with E-state index >= 15 is 0 Å². The highest BCUT2D eigenvalue weighted by atomic mass is 16.7. The molecular weight excluding hydrogens is 223 g/mol. The van der Waals surface area contributed by atoms with Crippen LogP contribution in [-0.2, 0) is 15.7 Å². The zero-order chi connectivity index (χ0) is 13.6. The van der Waals surface area contributed by atoms with Gasteiger partial charge >= 0.3 is 7.12 Å². The zero-order valence-electron chi connectivity index (χ0n) is 12.3. The van der Waals surface area contributed by atoms with Gasteiger partial charge in [-0.15, -0.1) is 0 Å². The van der Waals surface area contributed by atoms with E-state index in [9.17, 15) is 0 Å². The van der Waals surface area contributed by atoms with Crippen molar-refractivity contribution in [3.8, 4) is 0 Å². The van der Waals surface area contributed by atoms with Gasteiger partial charge < -0.3 is 9.31 Å². The van der Waals surface area contributed by atoms with Gasteiger partial charge in [-0.3, -0.25) is 0 Å². The summed E-state index contributed by atoms with van der Waals surface area (Å²) < 4.78 is 12.1. The highest BCUT2D eigenvalue weighted by molar-refractivity contribution is 6.62. The van der Waals surface area contributed by atoms with Crippen LogP contribution in [0.2, 0.25) is 0 Å². The minimum atomic E-state index is -0.269. The number of hydrogen-bond acceptors (Lipinski definition) is 2. The van der Waals surface area contributed by atoms with Gasteiger partial charge in [0.2, 0.25) is 0 Å². The Labute approximate surface area is 111 Å². The molecule has 2 nitrogen and oxygen atoms in total. The van der Waals surface area contributed by atoms with Crippen molar-refractivity contribution in [2.75, 3.05) is 0 Å². The van der Waals surface area contributed by atoms with E-state index in [1.165, 1.54) is 11.1 Å². The van der Waals surface area contributed by atoms with E-state index < -0.39 is 0 Å². The maximum Gasteiger partial charge on any atom is 0.494 e. The third kappa shape index (κ3) is 2.22. The average Bonchev–Trinajstić information content (AvgIpc) is 2.48. The fraction of sp³-hybridized carbons (Fsp3) is 0.600. The molecule has 1 aliphatic rings. The van der Waals surface area contributed by atoms with Crippen molar-refractivity contribution in [1.29, 1.82) is 0 Å². The number of hydrogen-bond donors (Lipinski definition) is 0. The molecule has 0 aliphatic carbocycles. The molecule has 0 radical (unpaired) electrons. The van der Waals surface area contributed by atoms with Crippen LogP contribution in [-0.4, -0.2) is 18.3 Å². The largest absolute Gasteiger partial charge is 0.494 e. The fourth-order valence-electron chi connectivity index (χ4n) is 2.24. The maximum atomic E-state index is 6.06. The molecule has 1 aromatic carbocycles. The topological polar surface area (TPSA) is 18.5 Å². The van der Waals surface area contributed by atoms with Gasteiger partial charge in [-0.05, 0) is 57.6 Å². The van der Waals surface area contributed by atoms with Crippen LogP contribution in [0.1, 0.15) is 45.7 Å². The van der Waals surface area contributed by atoms with Gasteiger partial charge in [0, 0.05) is 0 Å². The van der Waals surface area contributed by atoms with Crippen molar-refractivity contribution in [2.24, 2.45) is 0 Å². The lowest BCUT2D eigenvalue weighted by Crippen LogP contribution is -2.41. The fourth-order valence-corrected chi connectivity index (χ4v) is 2.24. The molecule has 0 saturated carbocycles. The first-order valence-electron chi connectivity index (χ1n) is 6.72. The predicted octanol–water partition coefficient (Wildman–Crippen LogP) is 2.86. The molecule has 0 spiro atoms. The number of benzene rings is 1. The molecule has 0 N–H and O–H groups in total. The summed E-state index contributed by atoms with van der Waals surface area (Å²) in [4.78, 5) is 0. The summed E-state index contributed by atoms with van der Waals surface area (Å²) in [6, 6.07) is 6.48. The monoisotopic (exact) mass is 246 g/mol. The second kappa shape index (κ2) is 4.39. The van der Waals surface area contributed by atoms with Gasteiger partial charge in [-0.25, -0.2) is 0 Å². The Morgan fingerprint density at radius 1 is 1.06 bits per heavy atom. The Hall–Kier alpha value is -0.795. The van der Waals surface area contributed by atoms with Crippen LogP contribution in [0.5, 0.6) is 0 Å². The number of aryl methyl sites for hydroxylation is 2. The van der Waals surface area contributed by atoms with Gasteiger partial charge in [0.1, 0.15) is 0 Å². The Kier molecular flexibility index (Phi) is 3.33. The van der Waals surface area contributed by atoms with Crippen LogP contribution in [0.25, 0.3) is 0 Å². The number of rotatable bonds is 2. The molecule has 0 aromatic heterocycles. The summed E-state index contributed by atoms with van der Waals surface area (Å²) in [5.74, 6) is 0. The summed E-state index contributed by atoms with van der Waals surface area (Å²) >= 11 is 0. The van der Waals surface area contributed by atoms with E-state index in [2.05, 4.69) is 59.7 Å². The first-order chi connectivity index (χ1) is 8.27.